The van der Waals surface area contributed by atoms with Crippen LogP contribution in [0, 0.1) is 0 Å². The third-order valence-corrected chi connectivity index (χ3v) is 5.57. The Morgan fingerprint density at radius 2 is 1.18 bits per heavy atom. The summed E-state index contributed by atoms with van der Waals surface area (Å²) >= 11 is 5.50. The Hall–Kier alpha value is -4.29. The summed E-state index contributed by atoms with van der Waals surface area (Å²) < 4.78 is 5.20. The molecule has 0 atom stereocenters. The van der Waals surface area contributed by atoms with E-state index in [1.807, 2.05) is 78.9 Å². The van der Waals surface area contributed by atoms with Gasteiger partial charge in [-0.05, 0) is 54.7 Å². The fourth-order valence-corrected chi connectivity index (χ4v) is 3.93. The van der Waals surface area contributed by atoms with Crippen LogP contribution in [0.3, 0.4) is 0 Å². The second kappa shape index (κ2) is 9.68. The fraction of sp³-hybridized carbons (Fsp3) is 0.0357. The molecular formula is C28H22N4OS. The Balaban J connectivity index is 1.47. The van der Waals surface area contributed by atoms with Crippen molar-refractivity contribution in [1.29, 1.82) is 0 Å². The number of hydrogen-bond acceptors (Lipinski definition) is 4. The van der Waals surface area contributed by atoms with Crippen molar-refractivity contribution in [3.63, 3.8) is 0 Å². The number of ether oxygens (including phenoxy) is 1. The van der Waals surface area contributed by atoms with Gasteiger partial charge in [-0.25, -0.2) is 9.97 Å². The Labute approximate surface area is 203 Å². The third-order valence-electron chi connectivity index (χ3n) is 5.36. The van der Waals surface area contributed by atoms with Crippen molar-refractivity contribution in [3.05, 3.63) is 103 Å². The molecular weight excluding hydrogens is 440 g/mol. The van der Waals surface area contributed by atoms with Crippen LogP contribution in [0.25, 0.3) is 33.5 Å². The standard InChI is InChI=1S/C28H22N4OS/c1-33-23-15-12-21(13-16-23)29-28(34)30-22-14-17-24-25(18-22)32-27(20-10-6-3-7-11-20)26(31-24)19-8-4-2-5-9-19/h2-18H,1H3,(H2,29,30,34). The highest BCUT2D eigenvalue weighted by Gasteiger charge is 2.13. The summed E-state index contributed by atoms with van der Waals surface area (Å²) in [5.41, 5.74) is 7.06. The number of anilines is 2. The van der Waals surface area contributed by atoms with E-state index in [9.17, 15) is 0 Å². The van der Waals surface area contributed by atoms with Crippen molar-refractivity contribution < 1.29 is 4.74 Å². The fourth-order valence-electron chi connectivity index (χ4n) is 3.69. The highest BCUT2D eigenvalue weighted by molar-refractivity contribution is 7.80. The number of rotatable bonds is 5. The van der Waals surface area contributed by atoms with Crippen LogP contribution < -0.4 is 15.4 Å². The van der Waals surface area contributed by atoms with E-state index in [1.54, 1.807) is 7.11 Å². The van der Waals surface area contributed by atoms with Gasteiger partial charge >= 0.3 is 0 Å². The predicted molar refractivity (Wildman–Crippen MR) is 143 cm³/mol. The molecule has 0 aliphatic carbocycles. The van der Waals surface area contributed by atoms with Gasteiger partial charge in [0.2, 0.25) is 0 Å². The lowest BCUT2D eigenvalue weighted by atomic mass is 10.0. The molecule has 5 aromatic rings. The van der Waals surface area contributed by atoms with E-state index in [1.165, 1.54) is 0 Å². The van der Waals surface area contributed by atoms with Crippen LogP contribution in [0.5, 0.6) is 5.75 Å². The molecule has 0 fully saturated rings. The molecule has 0 unspecified atom stereocenters. The number of fused-ring (bicyclic) bond motifs is 1. The first-order chi connectivity index (χ1) is 16.7. The average Bonchev–Trinajstić information content (AvgIpc) is 2.89. The molecule has 34 heavy (non-hydrogen) atoms. The van der Waals surface area contributed by atoms with Gasteiger partial charge in [0.25, 0.3) is 0 Å². The SMILES string of the molecule is COc1ccc(NC(=S)Nc2ccc3nc(-c4ccccc4)c(-c4ccccc4)nc3c2)cc1. The van der Waals surface area contributed by atoms with Crippen LogP contribution in [0.15, 0.2) is 103 Å². The van der Waals surface area contributed by atoms with Crippen molar-refractivity contribution in [2.24, 2.45) is 0 Å². The van der Waals surface area contributed by atoms with Crippen molar-refractivity contribution >= 4 is 39.7 Å². The summed E-state index contributed by atoms with van der Waals surface area (Å²) in [6, 6.07) is 33.7. The quantitative estimate of drug-likeness (QED) is 0.281. The average molecular weight is 463 g/mol. The Morgan fingerprint density at radius 3 is 1.76 bits per heavy atom. The monoisotopic (exact) mass is 462 g/mol. The summed E-state index contributed by atoms with van der Waals surface area (Å²) in [7, 11) is 1.64. The number of thiocarbonyl (C=S) groups is 1. The highest BCUT2D eigenvalue weighted by atomic mass is 32.1. The Bertz CT molecular complexity index is 1440. The van der Waals surface area contributed by atoms with Gasteiger partial charge in [-0.2, -0.15) is 0 Å². The molecule has 0 amide bonds. The van der Waals surface area contributed by atoms with Gasteiger partial charge in [0, 0.05) is 22.5 Å². The minimum Gasteiger partial charge on any atom is -0.497 e. The molecule has 0 spiro atoms. The zero-order valence-corrected chi connectivity index (χ0v) is 19.3. The zero-order valence-electron chi connectivity index (χ0n) is 18.5. The third kappa shape index (κ3) is 4.72. The smallest absolute Gasteiger partial charge is 0.175 e. The number of benzene rings is 4. The Kier molecular flexibility index (Phi) is 6.14. The highest BCUT2D eigenvalue weighted by Crippen LogP contribution is 2.31. The number of nitrogens with zero attached hydrogens (tertiary/aromatic N) is 2. The van der Waals surface area contributed by atoms with Crippen molar-refractivity contribution in [3.8, 4) is 28.3 Å². The van der Waals surface area contributed by atoms with E-state index in [2.05, 4.69) is 34.9 Å². The van der Waals surface area contributed by atoms with E-state index in [4.69, 9.17) is 26.9 Å². The maximum absolute atomic E-state index is 5.50. The zero-order chi connectivity index (χ0) is 23.3. The van der Waals surface area contributed by atoms with Crippen LogP contribution >= 0.6 is 12.2 Å². The minimum absolute atomic E-state index is 0.488. The molecule has 0 radical (unpaired) electrons. The molecule has 6 heteroatoms. The van der Waals surface area contributed by atoms with E-state index in [-0.39, 0.29) is 0 Å². The van der Waals surface area contributed by atoms with Crippen LogP contribution in [-0.4, -0.2) is 22.2 Å². The molecule has 2 N–H and O–H groups in total. The molecule has 1 heterocycles. The molecule has 1 aromatic heterocycles. The number of hydrogen-bond donors (Lipinski definition) is 2. The van der Waals surface area contributed by atoms with Gasteiger partial charge in [-0.1, -0.05) is 60.7 Å². The van der Waals surface area contributed by atoms with E-state index < -0.39 is 0 Å². The normalized spacial score (nSPS) is 10.6. The summed E-state index contributed by atoms with van der Waals surface area (Å²) in [6.07, 6.45) is 0. The molecule has 0 aliphatic rings. The van der Waals surface area contributed by atoms with E-state index in [0.717, 1.165) is 50.7 Å². The summed E-state index contributed by atoms with van der Waals surface area (Å²) in [5.74, 6) is 0.793. The van der Waals surface area contributed by atoms with Gasteiger partial charge in [-0.15, -0.1) is 0 Å². The summed E-state index contributed by atoms with van der Waals surface area (Å²) in [6.45, 7) is 0. The van der Waals surface area contributed by atoms with Gasteiger partial charge in [0.15, 0.2) is 5.11 Å². The largest absolute Gasteiger partial charge is 0.497 e. The van der Waals surface area contributed by atoms with Gasteiger partial charge in [0.05, 0.1) is 29.5 Å². The van der Waals surface area contributed by atoms with Crippen molar-refractivity contribution in [1.82, 2.24) is 9.97 Å². The molecule has 4 aromatic carbocycles. The summed E-state index contributed by atoms with van der Waals surface area (Å²) in [5, 5.41) is 6.91. The molecule has 0 aliphatic heterocycles. The second-order valence-corrected chi connectivity index (χ2v) is 8.07. The number of aromatic nitrogens is 2. The Morgan fingerprint density at radius 1 is 0.647 bits per heavy atom. The maximum Gasteiger partial charge on any atom is 0.175 e. The lowest BCUT2D eigenvalue weighted by molar-refractivity contribution is 0.415. The van der Waals surface area contributed by atoms with Crippen LogP contribution in [0.2, 0.25) is 0 Å². The van der Waals surface area contributed by atoms with Crippen molar-refractivity contribution in [2.75, 3.05) is 17.7 Å². The molecule has 0 bridgehead atoms. The number of methoxy groups -OCH3 is 1. The first kappa shape index (κ1) is 21.6. The van der Waals surface area contributed by atoms with Crippen LogP contribution in [0.4, 0.5) is 11.4 Å². The minimum atomic E-state index is 0.488. The molecule has 0 saturated heterocycles. The first-order valence-electron chi connectivity index (χ1n) is 10.8. The van der Waals surface area contributed by atoms with Crippen LogP contribution in [0.1, 0.15) is 0 Å². The predicted octanol–water partition coefficient (Wildman–Crippen LogP) is 6.78. The molecule has 5 rings (SSSR count). The lowest BCUT2D eigenvalue weighted by Crippen LogP contribution is -2.19. The van der Waals surface area contributed by atoms with Gasteiger partial charge < -0.3 is 15.4 Å². The van der Waals surface area contributed by atoms with Gasteiger partial charge in [-0.3, -0.25) is 0 Å². The van der Waals surface area contributed by atoms with E-state index >= 15 is 0 Å². The maximum atomic E-state index is 5.50. The topological polar surface area (TPSA) is 59.1 Å². The van der Waals surface area contributed by atoms with Gasteiger partial charge in [0.1, 0.15) is 5.75 Å². The number of nitrogens with one attached hydrogen (secondary N) is 2. The second-order valence-electron chi connectivity index (χ2n) is 7.66. The molecule has 5 nitrogen and oxygen atoms in total. The molecule has 0 saturated carbocycles. The van der Waals surface area contributed by atoms with Crippen LogP contribution in [-0.2, 0) is 0 Å². The van der Waals surface area contributed by atoms with E-state index in [0.29, 0.717) is 5.11 Å². The lowest BCUT2D eigenvalue weighted by Gasteiger charge is -2.13. The first-order valence-corrected chi connectivity index (χ1v) is 11.2. The molecule has 166 valence electrons. The van der Waals surface area contributed by atoms with Crippen molar-refractivity contribution in [2.45, 2.75) is 0 Å². The summed E-state index contributed by atoms with van der Waals surface area (Å²) in [4.78, 5) is 9.99.